The van der Waals surface area contributed by atoms with Crippen LogP contribution in [-0.2, 0) is 0 Å². The van der Waals surface area contributed by atoms with E-state index >= 15 is 0 Å². The van der Waals surface area contributed by atoms with Crippen LogP contribution in [0.4, 0.5) is 0 Å². The SMILES string of the molecule is COc1ccc2cc(/C=C/[N+](=O)[O-])ccc2c1. The Labute approximate surface area is 98.3 Å². The highest BCUT2D eigenvalue weighted by atomic mass is 16.6. The van der Waals surface area contributed by atoms with Crippen LogP contribution in [0, 0.1) is 10.1 Å². The van der Waals surface area contributed by atoms with Crippen molar-refractivity contribution in [2.75, 3.05) is 7.11 Å². The highest BCUT2D eigenvalue weighted by molar-refractivity contribution is 5.85. The average Bonchev–Trinajstić information content (AvgIpc) is 2.35. The number of nitrogens with zero attached hydrogens (tertiary/aromatic N) is 1. The lowest BCUT2D eigenvalue weighted by Crippen LogP contribution is -1.84. The molecule has 0 spiro atoms. The second kappa shape index (κ2) is 4.65. The van der Waals surface area contributed by atoms with Crippen LogP contribution in [-0.4, -0.2) is 12.0 Å². The fourth-order valence-corrected chi connectivity index (χ4v) is 1.62. The molecule has 0 heterocycles. The summed E-state index contributed by atoms with van der Waals surface area (Å²) < 4.78 is 5.13. The first-order chi connectivity index (χ1) is 8.19. The molecular weight excluding hydrogens is 218 g/mol. The van der Waals surface area contributed by atoms with Crippen LogP contribution in [0.15, 0.2) is 42.6 Å². The van der Waals surface area contributed by atoms with Gasteiger partial charge in [-0.3, -0.25) is 10.1 Å². The second-order valence-corrected chi connectivity index (χ2v) is 3.57. The first-order valence-corrected chi connectivity index (χ1v) is 5.08. The molecule has 0 fully saturated rings. The van der Waals surface area contributed by atoms with Gasteiger partial charge in [0.1, 0.15) is 5.75 Å². The van der Waals surface area contributed by atoms with Gasteiger partial charge >= 0.3 is 0 Å². The van der Waals surface area contributed by atoms with E-state index in [1.807, 2.05) is 36.4 Å². The van der Waals surface area contributed by atoms with Gasteiger partial charge in [0.15, 0.2) is 0 Å². The number of methoxy groups -OCH3 is 1. The van der Waals surface area contributed by atoms with Gasteiger partial charge in [-0.05, 0) is 34.5 Å². The molecule has 17 heavy (non-hydrogen) atoms. The number of hydrogen-bond acceptors (Lipinski definition) is 3. The third-order valence-corrected chi connectivity index (χ3v) is 2.46. The van der Waals surface area contributed by atoms with Crippen molar-refractivity contribution in [1.29, 1.82) is 0 Å². The zero-order valence-electron chi connectivity index (χ0n) is 9.29. The Balaban J connectivity index is 2.41. The standard InChI is InChI=1S/C13H11NO3/c1-17-13-5-4-11-8-10(6-7-14(15)16)2-3-12(11)9-13/h2-9H,1H3/b7-6+. The van der Waals surface area contributed by atoms with E-state index in [0.29, 0.717) is 0 Å². The summed E-state index contributed by atoms with van der Waals surface area (Å²) in [5.41, 5.74) is 0.805. The molecule has 4 heteroatoms. The summed E-state index contributed by atoms with van der Waals surface area (Å²) in [5.74, 6) is 0.797. The van der Waals surface area contributed by atoms with Gasteiger partial charge in [0, 0.05) is 6.08 Å². The molecule has 0 saturated carbocycles. The summed E-state index contributed by atoms with van der Waals surface area (Å²) >= 11 is 0. The molecule has 86 valence electrons. The molecule has 0 atom stereocenters. The summed E-state index contributed by atoms with van der Waals surface area (Å²) in [6.45, 7) is 0. The minimum atomic E-state index is -0.474. The van der Waals surface area contributed by atoms with Crippen molar-refractivity contribution in [1.82, 2.24) is 0 Å². The Morgan fingerprint density at radius 1 is 1.18 bits per heavy atom. The zero-order valence-corrected chi connectivity index (χ0v) is 9.29. The molecular formula is C13H11NO3. The quantitative estimate of drug-likeness (QED) is 0.600. The van der Waals surface area contributed by atoms with E-state index in [4.69, 9.17) is 4.74 Å². The van der Waals surface area contributed by atoms with Crippen molar-refractivity contribution in [3.63, 3.8) is 0 Å². The van der Waals surface area contributed by atoms with E-state index in [9.17, 15) is 10.1 Å². The topological polar surface area (TPSA) is 52.4 Å². The lowest BCUT2D eigenvalue weighted by atomic mass is 10.1. The number of benzene rings is 2. The molecule has 0 aromatic heterocycles. The van der Waals surface area contributed by atoms with Crippen molar-refractivity contribution in [3.05, 3.63) is 58.3 Å². The first kappa shape index (κ1) is 11.1. The third kappa shape index (κ3) is 2.60. The van der Waals surface area contributed by atoms with Gasteiger partial charge in [-0.15, -0.1) is 0 Å². The second-order valence-electron chi connectivity index (χ2n) is 3.57. The van der Waals surface area contributed by atoms with E-state index in [0.717, 1.165) is 28.3 Å². The van der Waals surface area contributed by atoms with Crippen LogP contribution in [0.2, 0.25) is 0 Å². The molecule has 0 amide bonds. The van der Waals surface area contributed by atoms with Crippen molar-refractivity contribution in [2.24, 2.45) is 0 Å². The molecule has 4 nitrogen and oxygen atoms in total. The van der Waals surface area contributed by atoms with E-state index in [2.05, 4.69) is 0 Å². The maximum Gasteiger partial charge on any atom is 0.235 e. The smallest absolute Gasteiger partial charge is 0.235 e. The van der Waals surface area contributed by atoms with Crippen LogP contribution >= 0.6 is 0 Å². The number of fused-ring (bicyclic) bond motifs is 1. The summed E-state index contributed by atoms with van der Waals surface area (Å²) in [7, 11) is 1.62. The molecule has 2 aromatic rings. The minimum absolute atomic E-state index is 0.474. The fourth-order valence-electron chi connectivity index (χ4n) is 1.62. The van der Waals surface area contributed by atoms with Crippen LogP contribution in [0.5, 0.6) is 5.75 Å². The molecule has 0 unspecified atom stereocenters. The lowest BCUT2D eigenvalue weighted by molar-refractivity contribution is -0.400. The molecule has 2 rings (SSSR count). The van der Waals surface area contributed by atoms with Gasteiger partial charge in [0.25, 0.3) is 0 Å². The van der Waals surface area contributed by atoms with E-state index < -0.39 is 4.92 Å². The molecule has 0 aliphatic carbocycles. The number of rotatable bonds is 3. The Morgan fingerprint density at radius 2 is 1.88 bits per heavy atom. The fraction of sp³-hybridized carbons (Fsp3) is 0.0769. The van der Waals surface area contributed by atoms with Gasteiger partial charge in [-0.2, -0.15) is 0 Å². The predicted molar refractivity (Wildman–Crippen MR) is 66.5 cm³/mol. The van der Waals surface area contributed by atoms with Crippen molar-refractivity contribution in [3.8, 4) is 5.75 Å². The van der Waals surface area contributed by atoms with Crippen LogP contribution in [0.1, 0.15) is 5.56 Å². The Bertz CT molecular complexity index is 590. The number of ether oxygens (including phenoxy) is 1. The Morgan fingerprint density at radius 3 is 2.59 bits per heavy atom. The highest BCUT2D eigenvalue weighted by Crippen LogP contribution is 2.22. The summed E-state index contributed by atoms with van der Waals surface area (Å²) in [4.78, 5) is 9.75. The minimum Gasteiger partial charge on any atom is -0.497 e. The van der Waals surface area contributed by atoms with Crippen LogP contribution in [0.25, 0.3) is 16.8 Å². The third-order valence-electron chi connectivity index (χ3n) is 2.46. The largest absolute Gasteiger partial charge is 0.497 e. The van der Waals surface area contributed by atoms with Crippen LogP contribution < -0.4 is 4.74 Å². The van der Waals surface area contributed by atoms with Gasteiger partial charge in [-0.1, -0.05) is 18.2 Å². The van der Waals surface area contributed by atoms with Gasteiger partial charge in [0.2, 0.25) is 6.20 Å². The van der Waals surface area contributed by atoms with E-state index in [1.54, 1.807) is 7.11 Å². The normalized spacial score (nSPS) is 10.9. The van der Waals surface area contributed by atoms with Gasteiger partial charge < -0.3 is 4.74 Å². The first-order valence-electron chi connectivity index (χ1n) is 5.08. The van der Waals surface area contributed by atoms with Gasteiger partial charge in [0.05, 0.1) is 12.0 Å². The van der Waals surface area contributed by atoms with Crippen molar-refractivity contribution in [2.45, 2.75) is 0 Å². The van der Waals surface area contributed by atoms with Crippen LogP contribution in [0.3, 0.4) is 0 Å². The molecule has 0 radical (unpaired) electrons. The molecule has 0 N–H and O–H groups in total. The predicted octanol–water partition coefficient (Wildman–Crippen LogP) is 3.10. The number of hydrogen-bond donors (Lipinski definition) is 0. The monoisotopic (exact) mass is 229 g/mol. The Hall–Kier alpha value is -2.36. The summed E-state index contributed by atoms with van der Waals surface area (Å²) in [6, 6.07) is 11.4. The lowest BCUT2D eigenvalue weighted by Gasteiger charge is -2.03. The average molecular weight is 229 g/mol. The highest BCUT2D eigenvalue weighted by Gasteiger charge is 1.98. The van der Waals surface area contributed by atoms with E-state index in [-0.39, 0.29) is 0 Å². The number of nitro groups is 1. The van der Waals surface area contributed by atoms with Crippen molar-refractivity contribution < 1.29 is 9.66 Å². The molecule has 0 saturated heterocycles. The maximum absolute atomic E-state index is 10.2. The van der Waals surface area contributed by atoms with Crippen molar-refractivity contribution >= 4 is 16.8 Å². The maximum atomic E-state index is 10.2. The Kier molecular flexibility index (Phi) is 3.05. The molecule has 0 aliphatic heterocycles. The van der Waals surface area contributed by atoms with E-state index in [1.165, 1.54) is 6.08 Å². The molecule has 2 aromatic carbocycles. The summed E-state index contributed by atoms with van der Waals surface area (Å²) in [6.07, 6.45) is 2.41. The molecule has 0 bridgehead atoms. The summed E-state index contributed by atoms with van der Waals surface area (Å²) in [5, 5.41) is 12.3. The zero-order chi connectivity index (χ0) is 12.3. The molecule has 0 aliphatic rings. The van der Waals surface area contributed by atoms with Gasteiger partial charge in [-0.25, -0.2) is 0 Å².